The first-order valence-electron chi connectivity index (χ1n) is 12.1. The van der Waals surface area contributed by atoms with Crippen LogP contribution in [0.2, 0.25) is 0 Å². The van der Waals surface area contributed by atoms with Crippen molar-refractivity contribution < 1.29 is 10.2 Å². The van der Waals surface area contributed by atoms with E-state index in [2.05, 4.69) is 66.7 Å². The fourth-order valence-electron chi connectivity index (χ4n) is 5.13. The van der Waals surface area contributed by atoms with Gasteiger partial charge in [-0.25, -0.2) is 0 Å². The second-order valence-electron chi connectivity index (χ2n) is 10.7. The highest BCUT2D eigenvalue weighted by atomic mass is 16.3. The predicted molar refractivity (Wildman–Crippen MR) is 139 cm³/mol. The van der Waals surface area contributed by atoms with E-state index in [0.29, 0.717) is 22.7 Å². The smallest absolute Gasteiger partial charge is 0.165 e. The minimum absolute atomic E-state index is 0.383. The molecule has 0 saturated carbocycles. The first-order chi connectivity index (χ1) is 16.4. The topological polar surface area (TPSA) is 69.5 Å². The summed E-state index contributed by atoms with van der Waals surface area (Å²) in [7, 11) is 2.06. The maximum atomic E-state index is 12.4. The molecule has 2 atom stereocenters. The van der Waals surface area contributed by atoms with Crippen molar-refractivity contribution in [2.45, 2.75) is 51.7 Å². The van der Waals surface area contributed by atoms with Crippen LogP contribution < -0.4 is 0 Å². The van der Waals surface area contributed by atoms with Gasteiger partial charge < -0.3 is 15.1 Å². The lowest BCUT2D eigenvalue weighted by Gasteiger charge is -2.55. The molecular weight excluding hydrogens is 434 g/mol. The number of aryl methyl sites for hydroxylation is 1. The van der Waals surface area contributed by atoms with E-state index in [-0.39, 0.29) is 5.41 Å². The lowest BCUT2D eigenvalue weighted by atomic mass is 9.62. The Morgan fingerprint density at radius 3 is 2.31 bits per heavy atom. The Hall–Kier alpha value is -3.04. The largest absolute Gasteiger partial charge is 0.380 e. The van der Waals surface area contributed by atoms with Gasteiger partial charge in [0.15, 0.2) is 5.60 Å². The standard InChI is InChI=1S/C30H35N3O2/c1-21(2)24-10-12-25(13-11-24)30(35,28(4)19-33(6)20-28)26-16-23(17-31-18-26)14-15-29(5,34)27-9-7-8-22(3)32-27/h7-13,16-18,21,34-35H,19-20H2,1-6H3. The van der Waals surface area contributed by atoms with E-state index in [1.54, 1.807) is 25.4 Å². The van der Waals surface area contributed by atoms with Crippen LogP contribution in [0.1, 0.15) is 67.3 Å². The van der Waals surface area contributed by atoms with Crippen molar-refractivity contribution in [3.8, 4) is 11.8 Å². The molecule has 3 aromatic rings. The third-order valence-electron chi connectivity index (χ3n) is 7.10. The second-order valence-corrected chi connectivity index (χ2v) is 10.7. The molecule has 1 aromatic carbocycles. The molecule has 0 spiro atoms. The molecule has 182 valence electrons. The van der Waals surface area contributed by atoms with Crippen LogP contribution in [0.15, 0.2) is 60.9 Å². The molecule has 5 heteroatoms. The predicted octanol–water partition coefficient (Wildman–Crippen LogP) is 4.36. The molecule has 2 unspecified atom stereocenters. The van der Waals surface area contributed by atoms with Gasteiger partial charge in [0.2, 0.25) is 0 Å². The summed E-state index contributed by atoms with van der Waals surface area (Å²) in [5.74, 6) is 6.42. The number of hydrogen-bond acceptors (Lipinski definition) is 5. The maximum Gasteiger partial charge on any atom is 0.165 e. The quantitative estimate of drug-likeness (QED) is 0.544. The van der Waals surface area contributed by atoms with Crippen LogP contribution in [0, 0.1) is 24.2 Å². The molecule has 0 aliphatic carbocycles. The van der Waals surface area contributed by atoms with Gasteiger partial charge in [-0.05, 0) is 56.1 Å². The third kappa shape index (κ3) is 4.75. The van der Waals surface area contributed by atoms with Gasteiger partial charge in [0, 0.05) is 47.7 Å². The fourth-order valence-corrected chi connectivity index (χ4v) is 5.13. The molecule has 2 N–H and O–H groups in total. The van der Waals surface area contributed by atoms with Gasteiger partial charge in [0.05, 0.1) is 5.69 Å². The number of benzene rings is 1. The van der Waals surface area contributed by atoms with Crippen LogP contribution >= 0.6 is 0 Å². The number of hydrogen-bond donors (Lipinski definition) is 2. The Morgan fingerprint density at radius 1 is 1.03 bits per heavy atom. The Morgan fingerprint density at radius 2 is 1.71 bits per heavy atom. The van der Waals surface area contributed by atoms with Crippen LogP contribution in [-0.2, 0) is 11.2 Å². The number of nitrogens with zero attached hydrogens (tertiary/aromatic N) is 3. The van der Waals surface area contributed by atoms with Crippen molar-refractivity contribution in [3.05, 3.63) is 94.6 Å². The summed E-state index contributed by atoms with van der Waals surface area (Å²) in [5.41, 5.74) is 1.70. The fraction of sp³-hybridized carbons (Fsp3) is 0.400. The van der Waals surface area contributed by atoms with Crippen molar-refractivity contribution in [3.63, 3.8) is 0 Å². The number of likely N-dealkylation sites (tertiary alicyclic amines) is 1. The highest BCUT2D eigenvalue weighted by Crippen LogP contribution is 2.50. The third-order valence-corrected chi connectivity index (χ3v) is 7.10. The van der Waals surface area contributed by atoms with Crippen LogP contribution in [0.5, 0.6) is 0 Å². The summed E-state index contributed by atoms with van der Waals surface area (Å²) in [6, 6.07) is 15.7. The summed E-state index contributed by atoms with van der Waals surface area (Å²) in [6.07, 6.45) is 3.39. The Bertz CT molecular complexity index is 1260. The number of aliphatic hydroxyl groups is 2. The van der Waals surface area contributed by atoms with Crippen LogP contribution in [0.4, 0.5) is 0 Å². The van der Waals surface area contributed by atoms with E-state index in [1.807, 2.05) is 37.3 Å². The van der Waals surface area contributed by atoms with Gasteiger partial charge in [-0.15, -0.1) is 0 Å². The molecule has 35 heavy (non-hydrogen) atoms. The average molecular weight is 470 g/mol. The van der Waals surface area contributed by atoms with Gasteiger partial charge in [-0.3, -0.25) is 9.97 Å². The zero-order valence-electron chi connectivity index (χ0n) is 21.5. The Labute approximate surface area is 208 Å². The zero-order valence-corrected chi connectivity index (χ0v) is 21.5. The lowest BCUT2D eigenvalue weighted by Crippen LogP contribution is -2.63. The van der Waals surface area contributed by atoms with E-state index in [9.17, 15) is 10.2 Å². The Kier molecular flexibility index (Phi) is 6.59. The molecule has 0 amide bonds. The summed E-state index contributed by atoms with van der Waals surface area (Å²) in [5, 5.41) is 23.3. The molecule has 0 bridgehead atoms. The van der Waals surface area contributed by atoms with Crippen molar-refractivity contribution in [1.29, 1.82) is 0 Å². The summed E-state index contributed by atoms with van der Waals surface area (Å²) in [4.78, 5) is 11.1. The van der Waals surface area contributed by atoms with Crippen LogP contribution in [0.25, 0.3) is 0 Å². The second kappa shape index (κ2) is 9.20. The highest BCUT2D eigenvalue weighted by Gasteiger charge is 2.55. The van der Waals surface area contributed by atoms with E-state index in [0.717, 1.165) is 24.3 Å². The number of rotatable bonds is 5. The van der Waals surface area contributed by atoms with Crippen molar-refractivity contribution in [2.75, 3.05) is 20.1 Å². The Balaban J connectivity index is 1.75. The normalized spacial score (nSPS) is 18.7. The van der Waals surface area contributed by atoms with E-state index in [1.165, 1.54) is 5.56 Å². The molecule has 1 aliphatic rings. The molecule has 0 radical (unpaired) electrons. The lowest BCUT2D eigenvalue weighted by molar-refractivity contribution is -0.127. The van der Waals surface area contributed by atoms with Gasteiger partial charge in [-0.1, -0.05) is 62.9 Å². The van der Waals surface area contributed by atoms with E-state index < -0.39 is 11.2 Å². The monoisotopic (exact) mass is 469 g/mol. The van der Waals surface area contributed by atoms with Gasteiger partial charge in [-0.2, -0.15) is 0 Å². The van der Waals surface area contributed by atoms with Gasteiger partial charge in [0.25, 0.3) is 0 Å². The average Bonchev–Trinajstić information content (AvgIpc) is 2.81. The summed E-state index contributed by atoms with van der Waals surface area (Å²) < 4.78 is 0. The van der Waals surface area contributed by atoms with E-state index >= 15 is 0 Å². The summed E-state index contributed by atoms with van der Waals surface area (Å²) >= 11 is 0. The molecular formula is C30H35N3O2. The maximum absolute atomic E-state index is 12.4. The van der Waals surface area contributed by atoms with Crippen molar-refractivity contribution >= 4 is 0 Å². The zero-order chi connectivity index (χ0) is 25.4. The minimum atomic E-state index is -1.41. The van der Waals surface area contributed by atoms with Crippen LogP contribution in [0.3, 0.4) is 0 Å². The molecule has 3 heterocycles. The molecule has 1 aliphatic heterocycles. The summed E-state index contributed by atoms with van der Waals surface area (Å²) in [6.45, 7) is 11.5. The number of aromatic nitrogens is 2. The molecule has 1 fully saturated rings. The van der Waals surface area contributed by atoms with Gasteiger partial charge in [0.1, 0.15) is 5.60 Å². The first kappa shape index (κ1) is 25.1. The first-order valence-corrected chi connectivity index (χ1v) is 12.1. The van der Waals surface area contributed by atoms with Gasteiger partial charge >= 0.3 is 0 Å². The number of pyridine rings is 2. The SMILES string of the molecule is Cc1cccc(C(C)(O)C#Cc2cncc(C(O)(c3ccc(C(C)C)cc3)C3(C)CN(C)C3)c2)n1. The molecule has 5 nitrogen and oxygen atoms in total. The minimum Gasteiger partial charge on any atom is -0.380 e. The molecule has 4 rings (SSSR count). The molecule has 1 saturated heterocycles. The highest BCUT2D eigenvalue weighted by molar-refractivity contribution is 5.45. The van der Waals surface area contributed by atoms with Crippen molar-refractivity contribution in [1.82, 2.24) is 14.9 Å². The van der Waals surface area contributed by atoms with Crippen molar-refractivity contribution in [2.24, 2.45) is 5.41 Å². The van der Waals surface area contributed by atoms with Crippen LogP contribution in [-0.4, -0.2) is 45.2 Å². The van der Waals surface area contributed by atoms with E-state index in [4.69, 9.17) is 0 Å². The molecule has 2 aromatic heterocycles.